The minimum Gasteiger partial charge on any atom is -0.487 e. The zero-order valence-corrected chi connectivity index (χ0v) is 22.9. The SMILES string of the molecule is CC(C)(C(=O)CCc1ccc(Cl)c(C(=O)Cc2ccc(OCC(F)F)c(C(=O)NCC(F)(F)F)c2)c1Cl)C(F)(F)F. The predicted octanol–water partition coefficient (Wildman–Crippen LogP) is 7.45. The summed E-state index contributed by atoms with van der Waals surface area (Å²) in [6, 6.07) is 5.82. The maximum atomic E-state index is 13.2. The van der Waals surface area contributed by atoms with Crippen molar-refractivity contribution in [3.63, 3.8) is 0 Å². The van der Waals surface area contributed by atoms with Crippen LogP contribution in [0.1, 0.15) is 52.1 Å². The van der Waals surface area contributed by atoms with E-state index in [0.29, 0.717) is 0 Å². The van der Waals surface area contributed by atoms with Gasteiger partial charge in [-0.15, -0.1) is 0 Å². The van der Waals surface area contributed by atoms with Crippen LogP contribution in [0.3, 0.4) is 0 Å². The Morgan fingerprint density at radius 2 is 1.61 bits per heavy atom. The number of carbonyl (C=O) groups excluding carboxylic acids is 3. The molecular formula is C26H23Cl2F8NO4. The van der Waals surface area contributed by atoms with Gasteiger partial charge in [0.1, 0.15) is 30.1 Å². The van der Waals surface area contributed by atoms with Crippen molar-refractivity contribution in [1.82, 2.24) is 5.32 Å². The number of rotatable bonds is 12. The highest BCUT2D eigenvalue weighted by Crippen LogP contribution is 2.40. The molecule has 0 aromatic heterocycles. The first-order valence-corrected chi connectivity index (χ1v) is 12.5. The molecule has 0 bridgehead atoms. The van der Waals surface area contributed by atoms with Crippen molar-refractivity contribution < 1.29 is 54.2 Å². The predicted molar refractivity (Wildman–Crippen MR) is 134 cm³/mol. The van der Waals surface area contributed by atoms with Crippen LogP contribution in [-0.4, -0.2) is 49.4 Å². The minimum atomic E-state index is -4.78. The first-order valence-electron chi connectivity index (χ1n) is 11.7. The number of nitrogens with one attached hydrogen (secondary N) is 1. The molecule has 0 fully saturated rings. The summed E-state index contributed by atoms with van der Waals surface area (Å²) in [4.78, 5) is 37.7. The lowest BCUT2D eigenvalue weighted by Gasteiger charge is -2.26. The molecule has 5 nitrogen and oxygen atoms in total. The van der Waals surface area contributed by atoms with Crippen molar-refractivity contribution in [1.29, 1.82) is 0 Å². The number of carbonyl (C=O) groups is 3. The second kappa shape index (κ2) is 13.4. The number of hydrogen-bond acceptors (Lipinski definition) is 4. The Hall–Kier alpha value is -2.93. The Balaban J connectivity index is 2.32. The van der Waals surface area contributed by atoms with Crippen molar-refractivity contribution in [3.8, 4) is 5.75 Å². The molecular weight excluding hydrogens is 613 g/mol. The summed E-state index contributed by atoms with van der Waals surface area (Å²) in [6.45, 7) is -1.38. The van der Waals surface area contributed by atoms with E-state index in [1.165, 1.54) is 18.2 Å². The fourth-order valence-electron chi connectivity index (χ4n) is 3.46. The average molecular weight is 636 g/mol. The molecule has 0 aliphatic heterocycles. The third-order valence-corrected chi connectivity index (χ3v) is 6.69. The number of aryl methyl sites for hydroxylation is 1. The number of Topliss-reactive ketones (excluding diaryl/α,β-unsaturated/α-hetero) is 2. The van der Waals surface area contributed by atoms with E-state index in [4.69, 9.17) is 27.9 Å². The van der Waals surface area contributed by atoms with Gasteiger partial charge in [-0.2, -0.15) is 26.3 Å². The number of alkyl halides is 8. The first kappa shape index (κ1) is 34.3. The number of amides is 1. The standard InChI is InChI=1S/C26H23Cl2F8NO4/c1-24(2,26(34,35)36)19(39)8-5-14-4-6-16(27)21(22(14)28)17(38)10-13-3-7-18(41-11-20(29)30)15(9-13)23(40)37-12-25(31,32)33/h3-4,6-7,9,20H,5,8,10-12H2,1-2H3,(H,37,40). The zero-order valence-electron chi connectivity index (χ0n) is 21.4. The van der Waals surface area contributed by atoms with E-state index in [-0.39, 0.29) is 33.2 Å². The topological polar surface area (TPSA) is 72.5 Å². The van der Waals surface area contributed by atoms with E-state index in [9.17, 15) is 49.5 Å². The van der Waals surface area contributed by atoms with Gasteiger partial charge < -0.3 is 10.1 Å². The molecule has 0 aliphatic carbocycles. The number of benzene rings is 2. The number of hydrogen-bond donors (Lipinski definition) is 1. The molecule has 0 heterocycles. The average Bonchev–Trinajstić information content (AvgIpc) is 2.84. The van der Waals surface area contributed by atoms with Gasteiger partial charge in [0.15, 0.2) is 5.78 Å². The van der Waals surface area contributed by atoms with Gasteiger partial charge in [0.05, 0.1) is 21.2 Å². The Bertz CT molecular complexity index is 1290. The Labute approximate surface area is 239 Å². The smallest absolute Gasteiger partial charge is 0.405 e. The Morgan fingerprint density at radius 1 is 0.976 bits per heavy atom. The molecule has 0 saturated carbocycles. The van der Waals surface area contributed by atoms with Crippen LogP contribution in [0.5, 0.6) is 5.75 Å². The lowest BCUT2D eigenvalue weighted by atomic mass is 9.84. The maximum absolute atomic E-state index is 13.2. The molecule has 2 aromatic carbocycles. The highest BCUT2D eigenvalue weighted by Gasteiger charge is 2.52. The van der Waals surface area contributed by atoms with Gasteiger partial charge in [0.25, 0.3) is 12.3 Å². The van der Waals surface area contributed by atoms with Gasteiger partial charge in [0, 0.05) is 12.8 Å². The second-order valence-corrected chi connectivity index (χ2v) is 10.2. The van der Waals surface area contributed by atoms with Crippen molar-refractivity contribution in [2.45, 2.75) is 51.9 Å². The van der Waals surface area contributed by atoms with Gasteiger partial charge in [-0.3, -0.25) is 14.4 Å². The van der Waals surface area contributed by atoms with E-state index in [0.717, 1.165) is 26.0 Å². The van der Waals surface area contributed by atoms with E-state index < -0.39 is 79.0 Å². The van der Waals surface area contributed by atoms with Crippen LogP contribution in [0, 0.1) is 5.41 Å². The fraction of sp³-hybridized carbons (Fsp3) is 0.423. The molecule has 15 heteroatoms. The summed E-state index contributed by atoms with van der Waals surface area (Å²) in [7, 11) is 0. The molecule has 2 aromatic rings. The maximum Gasteiger partial charge on any atom is 0.405 e. The van der Waals surface area contributed by atoms with Gasteiger partial charge in [-0.05, 0) is 49.6 Å². The quantitative estimate of drug-likeness (QED) is 0.194. The molecule has 0 unspecified atom stereocenters. The van der Waals surface area contributed by atoms with Gasteiger partial charge in [-0.25, -0.2) is 8.78 Å². The van der Waals surface area contributed by atoms with Crippen LogP contribution >= 0.6 is 23.2 Å². The normalized spacial score (nSPS) is 12.4. The van der Waals surface area contributed by atoms with E-state index >= 15 is 0 Å². The Kier molecular flexibility index (Phi) is 11.2. The first-order chi connectivity index (χ1) is 18.7. The van der Waals surface area contributed by atoms with Crippen molar-refractivity contribution in [2.24, 2.45) is 5.41 Å². The minimum absolute atomic E-state index is 0.0520. The summed E-state index contributed by atoms with van der Waals surface area (Å²) in [5.74, 6) is -3.60. The van der Waals surface area contributed by atoms with E-state index in [1.807, 2.05) is 0 Å². The lowest BCUT2D eigenvalue weighted by Crippen LogP contribution is -2.39. The summed E-state index contributed by atoms with van der Waals surface area (Å²) in [5, 5.41) is 1.24. The number of ether oxygens (including phenoxy) is 1. The number of ketones is 2. The van der Waals surface area contributed by atoms with Crippen LogP contribution in [0.2, 0.25) is 10.0 Å². The second-order valence-electron chi connectivity index (χ2n) is 9.37. The van der Waals surface area contributed by atoms with E-state index in [2.05, 4.69) is 0 Å². The van der Waals surface area contributed by atoms with Crippen molar-refractivity contribution in [2.75, 3.05) is 13.2 Å². The molecule has 0 aliphatic rings. The molecule has 41 heavy (non-hydrogen) atoms. The van der Waals surface area contributed by atoms with E-state index in [1.54, 1.807) is 5.32 Å². The molecule has 0 radical (unpaired) electrons. The fourth-order valence-corrected chi connectivity index (χ4v) is 4.13. The van der Waals surface area contributed by atoms with Crippen molar-refractivity contribution >= 4 is 40.7 Å². The lowest BCUT2D eigenvalue weighted by molar-refractivity contribution is -0.210. The largest absolute Gasteiger partial charge is 0.487 e. The van der Waals surface area contributed by atoms with Crippen LogP contribution in [0.25, 0.3) is 0 Å². The molecule has 1 amide bonds. The summed E-state index contributed by atoms with van der Waals surface area (Å²) in [6.07, 6.45) is -13.8. The molecule has 0 spiro atoms. The summed E-state index contributed by atoms with van der Waals surface area (Å²) >= 11 is 12.5. The van der Waals surface area contributed by atoms with Crippen LogP contribution in [0.15, 0.2) is 30.3 Å². The molecule has 226 valence electrons. The highest BCUT2D eigenvalue weighted by atomic mass is 35.5. The Morgan fingerprint density at radius 3 is 2.17 bits per heavy atom. The van der Waals surface area contributed by atoms with Gasteiger partial charge in [0.2, 0.25) is 0 Å². The van der Waals surface area contributed by atoms with Crippen molar-refractivity contribution in [3.05, 3.63) is 62.6 Å². The summed E-state index contributed by atoms with van der Waals surface area (Å²) < 4.78 is 107. The van der Waals surface area contributed by atoms with Crippen LogP contribution < -0.4 is 10.1 Å². The van der Waals surface area contributed by atoms with Crippen LogP contribution in [-0.2, 0) is 17.6 Å². The van der Waals surface area contributed by atoms with Gasteiger partial charge in [-0.1, -0.05) is 35.3 Å². The molecule has 0 atom stereocenters. The number of halogens is 10. The molecule has 1 N–H and O–H groups in total. The summed E-state index contributed by atoms with van der Waals surface area (Å²) in [5.41, 5.74) is -3.18. The zero-order chi connectivity index (χ0) is 31.3. The monoisotopic (exact) mass is 635 g/mol. The third-order valence-electron chi connectivity index (χ3n) is 5.94. The molecule has 2 rings (SSSR count). The third kappa shape index (κ3) is 9.29. The molecule has 0 saturated heterocycles. The highest BCUT2D eigenvalue weighted by molar-refractivity contribution is 6.40. The van der Waals surface area contributed by atoms with Gasteiger partial charge >= 0.3 is 12.4 Å². The van der Waals surface area contributed by atoms with Crippen LogP contribution in [0.4, 0.5) is 35.1 Å².